The van der Waals surface area contributed by atoms with Gasteiger partial charge in [0.05, 0.1) is 24.7 Å². The van der Waals surface area contributed by atoms with Gasteiger partial charge in [0.25, 0.3) is 5.91 Å². The van der Waals surface area contributed by atoms with E-state index >= 15 is 4.39 Å². The van der Waals surface area contributed by atoms with Crippen LogP contribution in [-0.4, -0.2) is 47.3 Å². The Hall–Kier alpha value is -3.82. The molecule has 0 bridgehead atoms. The van der Waals surface area contributed by atoms with Gasteiger partial charge in [0.1, 0.15) is 17.1 Å². The van der Waals surface area contributed by atoms with Crippen molar-refractivity contribution < 1.29 is 36.6 Å². The number of rotatable bonds is 5. The van der Waals surface area contributed by atoms with Crippen molar-refractivity contribution in [3.63, 3.8) is 0 Å². The van der Waals surface area contributed by atoms with Gasteiger partial charge in [0.2, 0.25) is 0 Å². The Morgan fingerprint density at radius 1 is 1.00 bits per heavy atom. The highest BCUT2D eigenvalue weighted by Gasteiger charge is 2.51. The second kappa shape index (κ2) is 9.81. The Morgan fingerprint density at radius 2 is 1.66 bits per heavy atom. The summed E-state index contributed by atoms with van der Waals surface area (Å²) in [5, 5.41) is 3.97. The first kappa shape index (κ1) is 27.2. The fourth-order valence-corrected chi connectivity index (χ4v) is 4.05. The maximum absolute atomic E-state index is 15.3. The predicted molar refractivity (Wildman–Crippen MR) is 134 cm³/mol. The molecule has 0 aliphatic carbocycles. The van der Waals surface area contributed by atoms with Crippen molar-refractivity contribution in [1.82, 2.24) is 10.2 Å². The summed E-state index contributed by atoms with van der Waals surface area (Å²) in [6.07, 6.45) is -5.04. The molecule has 1 saturated heterocycles. The quantitative estimate of drug-likeness (QED) is 0.370. The normalized spacial score (nSPS) is 15.9. The lowest BCUT2D eigenvalue weighted by Gasteiger charge is -2.47. The number of hydrogen-bond donors (Lipinski definition) is 1. The summed E-state index contributed by atoms with van der Waals surface area (Å²) in [5.41, 5.74) is -2.96. The van der Waals surface area contributed by atoms with E-state index in [2.05, 4.69) is 5.32 Å². The maximum atomic E-state index is 15.3. The van der Waals surface area contributed by atoms with E-state index in [1.165, 1.54) is 17.0 Å². The van der Waals surface area contributed by atoms with Gasteiger partial charge in [0.15, 0.2) is 5.67 Å². The van der Waals surface area contributed by atoms with Crippen LogP contribution in [0.4, 0.5) is 22.4 Å². The molecule has 1 aliphatic rings. The largest absolute Gasteiger partial charge is 0.457 e. The van der Waals surface area contributed by atoms with Crippen LogP contribution in [0.3, 0.4) is 0 Å². The van der Waals surface area contributed by atoms with Crippen molar-refractivity contribution >= 4 is 22.8 Å². The molecule has 3 aromatic rings. The molecule has 0 unspecified atom stereocenters. The minimum absolute atomic E-state index is 0.189. The fourth-order valence-electron chi connectivity index (χ4n) is 4.05. The Morgan fingerprint density at radius 3 is 2.26 bits per heavy atom. The molecule has 6 nitrogen and oxygen atoms in total. The molecular weight excluding hydrogens is 504 g/mol. The van der Waals surface area contributed by atoms with Gasteiger partial charge in [-0.25, -0.2) is 9.18 Å². The average Bonchev–Trinajstić information content (AvgIpc) is 2.80. The lowest BCUT2D eigenvalue weighted by atomic mass is 9.89. The molecule has 1 heterocycles. The fraction of sp³-hybridized carbons (Fsp3) is 0.357. The number of fused-ring (bicyclic) bond motifs is 1. The molecule has 1 aliphatic heterocycles. The van der Waals surface area contributed by atoms with E-state index in [-0.39, 0.29) is 18.8 Å². The van der Waals surface area contributed by atoms with Crippen LogP contribution in [0.1, 0.15) is 43.6 Å². The summed E-state index contributed by atoms with van der Waals surface area (Å²) in [7, 11) is 0. The summed E-state index contributed by atoms with van der Waals surface area (Å²) in [4.78, 5) is 26.2. The molecule has 0 saturated carbocycles. The first-order chi connectivity index (χ1) is 17.6. The average molecular weight is 533 g/mol. The highest BCUT2D eigenvalue weighted by Crippen LogP contribution is 2.34. The van der Waals surface area contributed by atoms with E-state index in [0.29, 0.717) is 22.1 Å². The number of alkyl halides is 4. The van der Waals surface area contributed by atoms with Crippen LogP contribution in [0.15, 0.2) is 60.7 Å². The second-order valence-corrected chi connectivity index (χ2v) is 10.4. The number of halogens is 4. The number of likely N-dealkylation sites (tertiary alicyclic amines) is 1. The van der Waals surface area contributed by atoms with Crippen LogP contribution in [0.25, 0.3) is 10.8 Å². The first-order valence-electron chi connectivity index (χ1n) is 12.0. The van der Waals surface area contributed by atoms with Crippen molar-refractivity contribution in [3.05, 3.63) is 71.8 Å². The molecule has 0 spiro atoms. The Kier molecular flexibility index (Phi) is 7.03. The third kappa shape index (κ3) is 6.00. The molecular formula is C28H28F4N2O4. The molecule has 3 aromatic carbocycles. The molecule has 1 fully saturated rings. The van der Waals surface area contributed by atoms with Crippen LogP contribution in [0.5, 0.6) is 11.5 Å². The van der Waals surface area contributed by atoms with E-state index in [1.807, 2.05) is 0 Å². The van der Waals surface area contributed by atoms with Crippen molar-refractivity contribution in [2.75, 3.05) is 13.1 Å². The van der Waals surface area contributed by atoms with E-state index in [0.717, 1.165) is 12.1 Å². The number of carbonyl (C=O) groups is 2. The van der Waals surface area contributed by atoms with Crippen molar-refractivity contribution in [3.8, 4) is 11.5 Å². The second-order valence-electron chi connectivity index (χ2n) is 10.4. The zero-order valence-corrected chi connectivity index (χ0v) is 21.4. The highest BCUT2D eigenvalue weighted by atomic mass is 19.4. The number of benzene rings is 3. The summed E-state index contributed by atoms with van der Waals surface area (Å²) in [6, 6.07) is 13.5. The van der Waals surface area contributed by atoms with Gasteiger partial charge in [-0.05, 0) is 81.6 Å². The summed E-state index contributed by atoms with van der Waals surface area (Å²) in [6.45, 7) is 6.34. The molecule has 0 aromatic heterocycles. The smallest absolute Gasteiger partial charge is 0.416 e. The summed E-state index contributed by atoms with van der Waals surface area (Å²) in [5.74, 6) is 0.151. The van der Waals surface area contributed by atoms with E-state index < -0.39 is 41.1 Å². The monoisotopic (exact) mass is 532 g/mol. The van der Waals surface area contributed by atoms with Crippen molar-refractivity contribution in [2.24, 2.45) is 0 Å². The van der Waals surface area contributed by atoms with Gasteiger partial charge in [-0.3, -0.25) is 4.79 Å². The SMILES string of the molecule is C[C@H](NC(=O)c1ccc2c(Oc3ccc(C(F)(F)F)cc3)cccc2c1)C1(F)CN(C(=O)OC(C)(C)C)C1. The Balaban J connectivity index is 1.42. The number of ether oxygens (including phenoxy) is 2. The Labute approximate surface area is 217 Å². The van der Waals surface area contributed by atoms with Crippen LogP contribution in [-0.2, 0) is 10.9 Å². The molecule has 1 atom stereocenters. The van der Waals surface area contributed by atoms with Crippen LogP contribution in [0, 0.1) is 0 Å². The van der Waals surface area contributed by atoms with Gasteiger partial charge in [-0.1, -0.05) is 12.1 Å². The minimum atomic E-state index is -4.44. The molecule has 2 amide bonds. The molecule has 10 heteroatoms. The van der Waals surface area contributed by atoms with Crippen molar-refractivity contribution in [1.29, 1.82) is 0 Å². The standard InChI is InChI=1S/C28H28F4N2O4/c1-17(27(29)15-34(16-27)25(36)38-26(2,3)4)33-24(35)19-8-13-22-18(14-19)6-5-7-23(22)37-21-11-9-20(10-12-21)28(30,31)32/h5-14,17H,15-16H2,1-4H3,(H,33,35)/t17-/m0/s1. The van der Waals surface area contributed by atoms with Gasteiger partial charge in [-0.2, -0.15) is 13.2 Å². The molecule has 202 valence electrons. The van der Waals surface area contributed by atoms with E-state index in [9.17, 15) is 22.8 Å². The van der Waals surface area contributed by atoms with Crippen molar-refractivity contribution in [2.45, 2.75) is 51.2 Å². The lowest BCUT2D eigenvalue weighted by molar-refractivity contribution is -0.137. The minimum Gasteiger partial charge on any atom is -0.457 e. The number of nitrogens with one attached hydrogen (secondary N) is 1. The van der Waals surface area contributed by atoms with Gasteiger partial charge in [-0.15, -0.1) is 0 Å². The first-order valence-corrected chi connectivity index (χ1v) is 12.0. The highest BCUT2D eigenvalue weighted by molar-refractivity contribution is 6.00. The maximum Gasteiger partial charge on any atom is 0.416 e. The number of hydrogen-bond acceptors (Lipinski definition) is 4. The lowest BCUT2D eigenvalue weighted by Crippen LogP contribution is -2.69. The summed E-state index contributed by atoms with van der Waals surface area (Å²) < 4.78 is 64.8. The van der Waals surface area contributed by atoms with Gasteiger partial charge >= 0.3 is 12.3 Å². The Bertz CT molecular complexity index is 1340. The summed E-state index contributed by atoms with van der Waals surface area (Å²) >= 11 is 0. The topological polar surface area (TPSA) is 67.9 Å². The van der Waals surface area contributed by atoms with Crippen LogP contribution < -0.4 is 10.1 Å². The van der Waals surface area contributed by atoms with Gasteiger partial charge in [0, 0.05) is 10.9 Å². The molecule has 4 rings (SSSR count). The van der Waals surface area contributed by atoms with Crippen LogP contribution in [0.2, 0.25) is 0 Å². The molecule has 38 heavy (non-hydrogen) atoms. The van der Waals surface area contributed by atoms with Gasteiger partial charge < -0.3 is 19.7 Å². The zero-order valence-electron chi connectivity index (χ0n) is 21.4. The van der Waals surface area contributed by atoms with Crippen LogP contribution >= 0.6 is 0 Å². The van der Waals surface area contributed by atoms with E-state index in [1.54, 1.807) is 64.1 Å². The molecule has 1 N–H and O–H groups in total. The molecule has 0 radical (unpaired) electrons. The third-order valence-corrected chi connectivity index (χ3v) is 6.19. The third-order valence-electron chi connectivity index (χ3n) is 6.19. The predicted octanol–water partition coefficient (Wildman–Crippen LogP) is 6.73. The van der Waals surface area contributed by atoms with E-state index in [4.69, 9.17) is 9.47 Å². The number of amides is 2. The number of nitrogens with zero attached hydrogens (tertiary/aromatic N) is 1. The zero-order chi connectivity index (χ0) is 27.9. The number of carbonyl (C=O) groups excluding carboxylic acids is 2.